The molecule has 272 valence electrons. The van der Waals surface area contributed by atoms with Crippen molar-refractivity contribution in [3.63, 3.8) is 0 Å². The Morgan fingerprint density at radius 2 is 1.47 bits per heavy atom. The van der Waals surface area contributed by atoms with Crippen LogP contribution in [0.5, 0.6) is 0 Å². The van der Waals surface area contributed by atoms with Crippen LogP contribution in [0.1, 0.15) is 109 Å². The molecular formula is C42H55N5O4. The van der Waals surface area contributed by atoms with Gasteiger partial charge in [0.1, 0.15) is 0 Å². The van der Waals surface area contributed by atoms with Gasteiger partial charge in [0.25, 0.3) is 11.5 Å². The first-order valence-corrected chi connectivity index (χ1v) is 18.5. The predicted octanol–water partition coefficient (Wildman–Crippen LogP) is 6.60. The number of aryl methyl sites for hydroxylation is 2. The maximum atomic E-state index is 12.9. The number of nitrogen functional groups attached to an aromatic ring is 1. The zero-order valence-electron chi connectivity index (χ0n) is 30.8. The van der Waals surface area contributed by atoms with Crippen molar-refractivity contribution in [3.05, 3.63) is 111 Å². The fourth-order valence-corrected chi connectivity index (χ4v) is 7.70. The van der Waals surface area contributed by atoms with Crippen molar-refractivity contribution in [1.82, 2.24) is 19.7 Å². The molecule has 1 aromatic heterocycles. The number of likely N-dealkylation sites (tertiary alicyclic amines) is 1. The molecule has 3 fully saturated rings. The summed E-state index contributed by atoms with van der Waals surface area (Å²) in [6.07, 6.45) is 16.6. The molecule has 9 heteroatoms. The summed E-state index contributed by atoms with van der Waals surface area (Å²) < 4.78 is 1.51. The van der Waals surface area contributed by atoms with Crippen LogP contribution in [0.4, 0.5) is 5.69 Å². The lowest BCUT2D eigenvalue weighted by Gasteiger charge is -2.46. The van der Waals surface area contributed by atoms with E-state index in [0.717, 1.165) is 37.1 Å². The Morgan fingerprint density at radius 3 is 2.02 bits per heavy atom. The van der Waals surface area contributed by atoms with Crippen LogP contribution in [0.3, 0.4) is 0 Å². The number of nitrogens with two attached hydrogens (primary N) is 1. The van der Waals surface area contributed by atoms with Gasteiger partial charge in [-0.15, -0.1) is 0 Å². The predicted molar refractivity (Wildman–Crippen MR) is 203 cm³/mol. The molecule has 1 spiro atoms. The second-order valence-electron chi connectivity index (χ2n) is 14.9. The van der Waals surface area contributed by atoms with Gasteiger partial charge in [-0.25, -0.2) is 0 Å². The minimum absolute atomic E-state index is 0.0278. The van der Waals surface area contributed by atoms with Crippen LogP contribution < -0.4 is 16.6 Å². The Bertz CT molecular complexity index is 1740. The van der Waals surface area contributed by atoms with Crippen molar-refractivity contribution in [2.45, 2.75) is 89.9 Å². The number of aromatic nitrogens is 1. The molecule has 7 rings (SSSR count). The van der Waals surface area contributed by atoms with Gasteiger partial charge in [0.05, 0.1) is 5.92 Å². The Hall–Kier alpha value is -4.66. The zero-order valence-corrected chi connectivity index (χ0v) is 30.8. The molecule has 0 radical (unpaired) electrons. The third-order valence-electron chi connectivity index (χ3n) is 11.3. The SMILES string of the molecule is CN1C=CCCC1.Cc1c(N)ccn(C)c1=O.Cc1ccc(C(=O)N2CCC3(CCC(c4ccc(C5CCC(=O)NC5=O)cc4)CC3)CC2)cc1. The number of carbonyl (C=O) groups is 3. The average Bonchev–Trinajstić information content (AvgIpc) is 3.14. The first-order valence-electron chi connectivity index (χ1n) is 18.5. The number of hydrogen-bond acceptors (Lipinski definition) is 6. The smallest absolute Gasteiger partial charge is 0.255 e. The number of rotatable bonds is 3. The van der Waals surface area contributed by atoms with Gasteiger partial charge in [-0.2, -0.15) is 0 Å². The largest absolute Gasteiger partial charge is 0.398 e. The van der Waals surface area contributed by atoms with Crippen molar-refractivity contribution in [2.24, 2.45) is 12.5 Å². The van der Waals surface area contributed by atoms with Crippen LogP contribution in [-0.4, -0.2) is 58.8 Å². The summed E-state index contributed by atoms with van der Waals surface area (Å²) in [7, 11) is 3.81. The van der Waals surface area contributed by atoms with E-state index in [2.05, 4.69) is 53.8 Å². The van der Waals surface area contributed by atoms with Crippen molar-refractivity contribution in [1.29, 1.82) is 0 Å². The molecule has 2 saturated heterocycles. The molecule has 0 bridgehead atoms. The second kappa shape index (κ2) is 17.0. The second-order valence-corrected chi connectivity index (χ2v) is 14.9. The van der Waals surface area contributed by atoms with Gasteiger partial charge >= 0.3 is 0 Å². The van der Waals surface area contributed by atoms with Crippen LogP contribution in [-0.2, 0) is 16.6 Å². The molecule has 1 aliphatic carbocycles. The molecule has 9 nitrogen and oxygen atoms in total. The minimum Gasteiger partial charge on any atom is -0.398 e. The number of allylic oxidation sites excluding steroid dienone is 1. The van der Waals surface area contributed by atoms with Gasteiger partial charge in [-0.05, 0) is 118 Å². The van der Waals surface area contributed by atoms with Gasteiger partial charge in [0, 0.05) is 63.2 Å². The molecular weight excluding hydrogens is 638 g/mol. The normalized spacial score (nSPS) is 20.1. The first-order chi connectivity index (χ1) is 24.4. The number of piperidine rings is 2. The minimum atomic E-state index is -0.214. The monoisotopic (exact) mass is 693 g/mol. The molecule has 4 aliphatic rings. The van der Waals surface area contributed by atoms with Crippen molar-refractivity contribution < 1.29 is 14.4 Å². The quantitative estimate of drug-likeness (QED) is 0.299. The summed E-state index contributed by atoms with van der Waals surface area (Å²) in [5.74, 6) is 0.178. The number of carbonyl (C=O) groups excluding carboxylic acids is 3. The highest BCUT2D eigenvalue weighted by Crippen LogP contribution is 2.49. The van der Waals surface area contributed by atoms with Gasteiger partial charge in [0.2, 0.25) is 11.8 Å². The van der Waals surface area contributed by atoms with Gasteiger partial charge < -0.3 is 20.1 Å². The van der Waals surface area contributed by atoms with E-state index in [1.54, 1.807) is 26.2 Å². The summed E-state index contributed by atoms with van der Waals surface area (Å²) in [6, 6.07) is 18.2. The van der Waals surface area contributed by atoms with E-state index in [-0.39, 0.29) is 29.2 Å². The van der Waals surface area contributed by atoms with Crippen LogP contribution >= 0.6 is 0 Å². The molecule has 1 atom stereocenters. The summed E-state index contributed by atoms with van der Waals surface area (Å²) in [5.41, 5.74) is 11.3. The fraction of sp³-hybridized carbons (Fsp3) is 0.476. The molecule has 1 saturated carbocycles. The summed E-state index contributed by atoms with van der Waals surface area (Å²) in [4.78, 5) is 51.8. The first kappa shape index (κ1) is 37.6. The third kappa shape index (κ3) is 9.78. The molecule has 3 aromatic rings. The van der Waals surface area contributed by atoms with Crippen molar-refractivity contribution in [2.75, 3.05) is 32.4 Å². The lowest BCUT2D eigenvalue weighted by atomic mass is 9.64. The molecule has 1 unspecified atom stereocenters. The lowest BCUT2D eigenvalue weighted by Crippen LogP contribution is -2.44. The van der Waals surface area contributed by atoms with Crippen molar-refractivity contribution in [3.8, 4) is 0 Å². The number of benzene rings is 2. The lowest BCUT2D eigenvalue weighted by molar-refractivity contribution is -0.134. The molecule has 4 heterocycles. The topological polar surface area (TPSA) is 118 Å². The molecule has 3 N–H and O–H groups in total. The van der Waals surface area contributed by atoms with Crippen LogP contribution in [0, 0.1) is 19.3 Å². The highest BCUT2D eigenvalue weighted by atomic mass is 16.2. The summed E-state index contributed by atoms with van der Waals surface area (Å²) in [6.45, 7) is 6.71. The van der Waals surface area contributed by atoms with E-state index < -0.39 is 0 Å². The number of amides is 3. The maximum absolute atomic E-state index is 12.9. The van der Waals surface area contributed by atoms with Crippen molar-refractivity contribution >= 4 is 23.4 Å². The zero-order chi connectivity index (χ0) is 36.5. The Kier molecular flexibility index (Phi) is 12.6. The van der Waals surface area contributed by atoms with E-state index in [4.69, 9.17) is 5.73 Å². The number of pyridine rings is 1. The summed E-state index contributed by atoms with van der Waals surface area (Å²) >= 11 is 0. The standard InChI is InChI=1S/C29H34N2O3.C7H10N2O.C6H11N/c1-20-2-4-24(5-3-20)28(34)31-18-16-29(17-19-31)14-12-22(13-15-29)21-6-8-23(9-7-21)25-10-11-26(32)30-27(25)33;1-5-6(8)3-4-9(2)7(5)10;1-7-5-3-2-4-6-7/h2-9,22,25H,10-19H2,1H3,(H,30,32,33);3-4H,8H2,1-2H3;3,5H,2,4,6H2,1H3. The maximum Gasteiger partial charge on any atom is 0.255 e. The number of nitrogens with zero attached hydrogens (tertiary/aromatic N) is 3. The van der Waals surface area contributed by atoms with Crippen LogP contribution in [0.25, 0.3) is 0 Å². The number of anilines is 1. The van der Waals surface area contributed by atoms with Gasteiger partial charge in [-0.3, -0.25) is 24.5 Å². The number of imide groups is 1. The molecule has 2 aromatic carbocycles. The average molecular weight is 694 g/mol. The van der Waals surface area contributed by atoms with Gasteiger partial charge in [0.15, 0.2) is 0 Å². The van der Waals surface area contributed by atoms with E-state index in [1.807, 2.05) is 36.1 Å². The summed E-state index contributed by atoms with van der Waals surface area (Å²) in [5, 5.41) is 2.46. The molecule has 3 aliphatic heterocycles. The highest BCUT2D eigenvalue weighted by molar-refractivity contribution is 6.00. The Morgan fingerprint density at radius 1 is 0.824 bits per heavy atom. The van der Waals surface area contributed by atoms with E-state index in [1.165, 1.54) is 60.8 Å². The Labute approximate surface area is 302 Å². The Balaban J connectivity index is 0.000000242. The molecule has 3 amide bonds. The third-order valence-corrected chi connectivity index (χ3v) is 11.3. The molecule has 51 heavy (non-hydrogen) atoms. The van der Waals surface area contributed by atoms with E-state index in [9.17, 15) is 19.2 Å². The highest BCUT2D eigenvalue weighted by Gasteiger charge is 2.39. The number of hydrogen-bond donors (Lipinski definition) is 2. The van der Waals surface area contributed by atoms with E-state index in [0.29, 0.717) is 35.4 Å². The van der Waals surface area contributed by atoms with Crippen LogP contribution in [0.2, 0.25) is 0 Å². The fourth-order valence-electron chi connectivity index (χ4n) is 7.70. The number of nitrogens with one attached hydrogen (secondary N) is 1. The van der Waals surface area contributed by atoms with E-state index >= 15 is 0 Å². The van der Waals surface area contributed by atoms with Gasteiger partial charge in [-0.1, -0.05) is 48.0 Å². The van der Waals surface area contributed by atoms with Crippen LogP contribution in [0.15, 0.2) is 77.9 Å².